The van der Waals surface area contributed by atoms with Gasteiger partial charge in [-0.15, -0.1) is 0 Å². The second-order valence-corrected chi connectivity index (χ2v) is 7.94. The average Bonchev–Trinajstić information content (AvgIpc) is 3.17. The molecule has 1 atom stereocenters. The van der Waals surface area contributed by atoms with Crippen LogP contribution in [0.25, 0.3) is 28.4 Å². The van der Waals surface area contributed by atoms with Crippen LogP contribution in [0.15, 0.2) is 35.3 Å². The SMILES string of the molecule is CC[C@@]1(O)C(=O)OCc2c1cc1n(c2=O)Cc2c-1nc1ccc(OC)cc1c2C=C[N+](=O)[O-]. The first-order valence-electron chi connectivity index (χ1n) is 10.3. The minimum Gasteiger partial charge on any atom is -0.497 e. The molecule has 0 spiro atoms. The highest BCUT2D eigenvalue weighted by molar-refractivity contribution is 5.94. The Hall–Kier alpha value is -4.05. The highest BCUT2D eigenvalue weighted by Gasteiger charge is 2.45. The molecule has 0 fully saturated rings. The second kappa shape index (κ2) is 7.24. The summed E-state index contributed by atoms with van der Waals surface area (Å²) >= 11 is 0. The van der Waals surface area contributed by atoms with Gasteiger partial charge in [0.05, 0.1) is 41.0 Å². The molecular formula is C23H19N3O7. The molecule has 0 saturated carbocycles. The van der Waals surface area contributed by atoms with E-state index in [0.717, 1.165) is 6.20 Å². The highest BCUT2D eigenvalue weighted by atomic mass is 16.6. The molecular weight excluding hydrogens is 430 g/mol. The summed E-state index contributed by atoms with van der Waals surface area (Å²) in [6.07, 6.45) is 2.26. The number of carbonyl (C=O) groups excluding carboxylic acids is 1. The molecule has 2 aliphatic rings. The van der Waals surface area contributed by atoms with Gasteiger partial charge in [0.15, 0.2) is 5.60 Å². The van der Waals surface area contributed by atoms with Crippen molar-refractivity contribution >= 4 is 22.9 Å². The van der Waals surface area contributed by atoms with E-state index >= 15 is 0 Å². The van der Waals surface area contributed by atoms with E-state index in [-0.39, 0.29) is 30.7 Å². The molecule has 4 heterocycles. The molecule has 10 heteroatoms. The van der Waals surface area contributed by atoms with Gasteiger partial charge in [-0.1, -0.05) is 6.92 Å². The van der Waals surface area contributed by atoms with E-state index in [2.05, 4.69) is 0 Å². The molecule has 2 aliphatic heterocycles. The zero-order valence-corrected chi connectivity index (χ0v) is 17.8. The van der Waals surface area contributed by atoms with Crippen LogP contribution in [0.2, 0.25) is 0 Å². The molecule has 0 saturated heterocycles. The molecule has 0 amide bonds. The van der Waals surface area contributed by atoms with Gasteiger partial charge in [-0.2, -0.15) is 0 Å². The number of benzene rings is 1. The lowest BCUT2D eigenvalue weighted by Crippen LogP contribution is -2.44. The van der Waals surface area contributed by atoms with Crippen molar-refractivity contribution in [3.05, 3.63) is 73.2 Å². The summed E-state index contributed by atoms with van der Waals surface area (Å²) in [4.78, 5) is 40.9. The number of nitrogens with zero attached hydrogens (tertiary/aromatic N) is 3. The van der Waals surface area contributed by atoms with Crippen LogP contribution in [0.5, 0.6) is 5.75 Å². The van der Waals surface area contributed by atoms with Crippen LogP contribution in [-0.2, 0) is 28.3 Å². The minimum absolute atomic E-state index is 0.0380. The Morgan fingerprint density at radius 1 is 1.33 bits per heavy atom. The lowest BCUT2D eigenvalue weighted by atomic mass is 9.86. The van der Waals surface area contributed by atoms with Crippen molar-refractivity contribution in [2.45, 2.75) is 32.1 Å². The van der Waals surface area contributed by atoms with Gasteiger partial charge < -0.3 is 19.1 Å². The third-order valence-corrected chi connectivity index (χ3v) is 6.30. The van der Waals surface area contributed by atoms with Crippen LogP contribution in [-0.4, -0.2) is 32.7 Å². The molecule has 2 aromatic heterocycles. The Balaban J connectivity index is 1.82. The molecule has 0 radical (unpaired) electrons. The maximum Gasteiger partial charge on any atom is 0.343 e. The Morgan fingerprint density at radius 2 is 2.12 bits per heavy atom. The standard InChI is InChI=1S/C23H19N3O7/c1-3-23(29)17-9-19-20-15(10-25(19)21(27)16(17)11-33-22(23)28)13(6-7-26(30)31)14-8-12(32-2)4-5-18(14)24-20/h4-9,29H,3,10-11H2,1-2H3/t23-/m0/s1. The number of ether oxygens (including phenoxy) is 2. The monoisotopic (exact) mass is 449 g/mol. The summed E-state index contributed by atoms with van der Waals surface area (Å²) in [5, 5.41) is 22.7. The van der Waals surface area contributed by atoms with Gasteiger partial charge in [-0.3, -0.25) is 14.9 Å². The molecule has 3 aromatic rings. The van der Waals surface area contributed by atoms with Gasteiger partial charge in [-0.25, -0.2) is 9.78 Å². The largest absolute Gasteiger partial charge is 0.497 e. The van der Waals surface area contributed by atoms with E-state index in [1.807, 2.05) is 0 Å². The summed E-state index contributed by atoms with van der Waals surface area (Å²) in [6.45, 7) is 1.54. The molecule has 33 heavy (non-hydrogen) atoms. The molecule has 1 N–H and O–H groups in total. The zero-order valence-electron chi connectivity index (χ0n) is 17.8. The van der Waals surface area contributed by atoms with E-state index in [0.29, 0.717) is 39.2 Å². The number of cyclic esters (lactones) is 1. The minimum atomic E-state index is -1.93. The van der Waals surface area contributed by atoms with E-state index in [9.17, 15) is 24.8 Å². The van der Waals surface area contributed by atoms with Crippen LogP contribution in [0.3, 0.4) is 0 Å². The number of aromatic nitrogens is 2. The third-order valence-electron chi connectivity index (χ3n) is 6.30. The van der Waals surface area contributed by atoms with Crippen molar-refractivity contribution in [1.29, 1.82) is 0 Å². The first kappa shape index (κ1) is 20.8. The molecule has 168 valence electrons. The summed E-state index contributed by atoms with van der Waals surface area (Å²) in [5.41, 5.74) is 0.728. The smallest absolute Gasteiger partial charge is 0.343 e. The number of hydrogen-bond acceptors (Lipinski definition) is 8. The number of fused-ring (bicyclic) bond motifs is 5. The quantitative estimate of drug-likeness (QED) is 0.285. The van der Waals surface area contributed by atoms with E-state index < -0.39 is 22.1 Å². The van der Waals surface area contributed by atoms with Gasteiger partial charge >= 0.3 is 5.97 Å². The number of hydrogen-bond donors (Lipinski definition) is 1. The van der Waals surface area contributed by atoms with Crippen molar-refractivity contribution in [3.63, 3.8) is 0 Å². The molecule has 5 rings (SSSR count). The number of pyridine rings is 2. The molecule has 1 aromatic carbocycles. The average molecular weight is 449 g/mol. The van der Waals surface area contributed by atoms with Crippen molar-refractivity contribution in [2.75, 3.05) is 7.11 Å². The fraction of sp³-hybridized carbons (Fsp3) is 0.261. The normalized spacial score (nSPS) is 18.7. The zero-order chi connectivity index (χ0) is 23.5. The second-order valence-electron chi connectivity index (χ2n) is 7.94. The number of rotatable bonds is 4. The van der Waals surface area contributed by atoms with E-state index in [1.54, 1.807) is 31.2 Å². The summed E-state index contributed by atoms with van der Waals surface area (Å²) in [6, 6.07) is 6.80. The Labute approximate surface area is 186 Å². The van der Waals surface area contributed by atoms with Crippen molar-refractivity contribution in [1.82, 2.24) is 9.55 Å². The van der Waals surface area contributed by atoms with Crippen molar-refractivity contribution in [3.8, 4) is 17.1 Å². The van der Waals surface area contributed by atoms with Crippen molar-refractivity contribution < 1.29 is 24.3 Å². The predicted octanol–water partition coefficient (Wildman–Crippen LogP) is 2.34. The molecule has 0 aliphatic carbocycles. The van der Waals surface area contributed by atoms with Gasteiger partial charge in [-0.05, 0) is 36.2 Å². The molecule has 10 nitrogen and oxygen atoms in total. The first-order valence-corrected chi connectivity index (χ1v) is 10.3. The maximum absolute atomic E-state index is 13.3. The van der Waals surface area contributed by atoms with Gasteiger partial charge in [0.2, 0.25) is 6.20 Å². The third kappa shape index (κ3) is 2.94. The van der Waals surface area contributed by atoms with Crippen LogP contribution < -0.4 is 10.3 Å². The molecule has 0 bridgehead atoms. The summed E-state index contributed by atoms with van der Waals surface area (Å²) in [7, 11) is 1.52. The fourth-order valence-corrected chi connectivity index (χ4v) is 4.54. The predicted molar refractivity (Wildman–Crippen MR) is 117 cm³/mol. The van der Waals surface area contributed by atoms with E-state index in [1.165, 1.54) is 17.8 Å². The Morgan fingerprint density at radius 3 is 2.82 bits per heavy atom. The van der Waals surface area contributed by atoms with Crippen molar-refractivity contribution in [2.24, 2.45) is 0 Å². The molecule has 0 unspecified atom stereocenters. The van der Waals surface area contributed by atoms with Crippen LogP contribution in [0.1, 0.15) is 35.6 Å². The number of methoxy groups -OCH3 is 1. The lowest BCUT2D eigenvalue weighted by molar-refractivity contribution is -0.400. The first-order chi connectivity index (χ1) is 15.8. The number of nitro groups is 1. The maximum atomic E-state index is 13.3. The topological polar surface area (TPSA) is 134 Å². The lowest BCUT2D eigenvalue weighted by Gasteiger charge is -2.31. The van der Waals surface area contributed by atoms with Crippen LogP contribution >= 0.6 is 0 Å². The summed E-state index contributed by atoms with van der Waals surface area (Å²) < 4.78 is 11.9. The van der Waals surface area contributed by atoms with Crippen LogP contribution in [0.4, 0.5) is 0 Å². The highest BCUT2D eigenvalue weighted by Crippen LogP contribution is 2.40. The fourth-order valence-electron chi connectivity index (χ4n) is 4.54. The number of esters is 1. The van der Waals surface area contributed by atoms with Gasteiger partial charge in [0.25, 0.3) is 5.56 Å². The van der Waals surface area contributed by atoms with Gasteiger partial charge in [0, 0.05) is 22.6 Å². The summed E-state index contributed by atoms with van der Waals surface area (Å²) in [5.74, 6) is -0.236. The van der Waals surface area contributed by atoms with E-state index in [4.69, 9.17) is 14.5 Å². The Bertz CT molecular complexity index is 1460. The van der Waals surface area contributed by atoms with Crippen LogP contribution in [0, 0.1) is 10.1 Å². The van der Waals surface area contributed by atoms with Gasteiger partial charge in [0.1, 0.15) is 12.4 Å². The number of aliphatic hydroxyl groups is 1. The Kier molecular flexibility index (Phi) is 4.57. The number of carbonyl (C=O) groups is 1.